The number of hydrogen-bond donors (Lipinski definition) is 2. The number of rotatable bonds is 6. The van der Waals surface area contributed by atoms with Gasteiger partial charge in [0.15, 0.2) is 11.3 Å². The van der Waals surface area contributed by atoms with Crippen LogP contribution >= 0.6 is 11.8 Å². The van der Waals surface area contributed by atoms with Gasteiger partial charge in [-0.25, -0.2) is 4.79 Å². The van der Waals surface area contributed by atoms with Crippen molar-refractivity contribution in [2.75, 3.05) is 11.5 Å². The largest absolute Gasteiger partial charge is 0.480 e. The van der Waals surface area contributed by atoms with Crippen LogP contribution < -0.4 is 5.73 Å². The van der Waals surface area contributed by atoms with E-state index in [0.717, 1.165) is 5.75 Å². The van der Waals surface area contributed by atoms with Gasteiger partial charge in [0.1, 0.15) is 0 Å². The number of hydrogen-bond acceptors (Lipinski definition) is 4. The van der Waals surface area contributed by atoms with E-state index in [2.05, 4.69) is 0 Å². The summed E-state index contributed by atoms with van der Waals surface area (Å²) in [6.07, 6.45) is 0.191. The number of thioether (sulfide) groups is 1. The van der Waals surface area contributed by atoms with E-state index < -0.39 is 17.3 Å². The molecule has 0 amide bonds. The Morgan fingerprint density at radius 3 is 2.38 bits per heavy atom. The Morgan fingerprint density at radius 2 is 2.08 bits per heavy atom. The molecule has 0 aliphatic carbocycles. The van der Waals surface area contributed by atoms with Crippen LogP contribution in [-0.4, -0.2) is 33.9 Å². The van der Waals surface area contributed by atoms with E-state index in [1.165, 1.54) is 6.92 Å². The fraction of sp³-hybridized carbons (Fsp3) is 0.750. The van der Waals surface area contributed by atoms with Crippen molar-refractivity contribution in [2.45, 2.75) is 25.8 Å². The zero-order valence-electron chi connectivity index (χ0n) is 7.87. The predicted molar refractivity (Wildman–Crippen MR) is 52.9 cm³/mol. The molecule has 1 atom stereocenters. The monoisotopic (exact) mass is 205 g/mol. The summed E-state index contributed by atoms with van der Waals surface area (Å²) in [6.45, 7) is 3.18. The van der Waals surface area contributed by atoms with Gasteiger partial charge in [0, 0.05) is 0 Å². The van der Waals surface area contributed by atoms with Crippen LogP contribution in [0.25, 0.3) is 0 Å². The average molecular weight is 205 g/mol. The molecule has 0 bridgehead atoms. The molecular formula is C8H15NO3S. The van der Waals surface area contributed by atoms with Gasteiger partial charge in [-0.3, -0.25) is 4.79 Å². The van der Waals surface area contributed by atoms with Crippen molar-refractivity contribution in [1.82, 2.24) is 0 Å². The van der Waals surface area contributed by atoms with Crippen LogP contribution in [-0.2, 0) is 9.59 Å². The minimum Gasteiger partial charge on any atom is -0.480 e. The summed E-state index contributed by atoms with van der Waals surface area (Å²) < 4.78 is 0. The number of ketones is 1. The van der Waals surface area contributed by atoms with Gasteiger partial charge >= 0.3 is 5.97 Å². The highest BCUT2D eigenvalue weighted by molar-refractivity contribution is 7.99. The summed E-state index contributed by atoms with van der Waals surface area (Å²) in [4.78, 5) is 21.7. The lowest BCUT2D eigenvalue weighted by Crippen LogP contribution is -2.54. The Hall–Kier alpha value is -0.550. The molecule has 0 saturated heterocycles. The van der Waals surface area contributed by atoms with Crippen LogP contribution in [0.5, 0.6) is 0 Å². The van der Waals surface area contributed by atoms with E-state index in [1.807, 2.05) is 6.92 Å². The van der Waals surface area contributed by atoms with Gasteiger partial charge in [-0.15, -0.1) is 0 Å². The van der Waals surface area contributed by atoms with Crippen molar-refractivity contribution in [3.8, 4) is 0 Å². The molecule has 3 N–H and O–H groups in total. The average Bonchev–Trinajstić information content (AvgIpc) is 2.03. The van der Waals surface area contributed by atoms with Crippen molar-refractivity contribution in [1.29, 1.82) is 0 Å². The highest BCUT2D eigenvalue weighted by Gasteiger charge is 2.38. The second kappa shape index (κ2) is 5.24. The van der Waals surface area contributed by atoms with Crippen molar-refractivity contribution < 1.29 is 14.7 Å². The molecule has 0 aromatic carbocycles. The molecular weight excluding hydrogens is 190 g/mol. The molecule has 1 unspecified atom stereocenters. The van der Waals surface area contributed by atoms with Gasteiger partial charge in [0.05, 0.1) is 0 Å². The Bertz CT molecular complexity index is 192. The van der Waals surface area contributed by atoms with Crippen molar-refractivity contribution in [2.24, 2.45) is 5.73 Å². The summed E-state index contributed by atoms with van der Waals surface area (Å²) in [5.41, 5.74) is 3.77. The summed E-state index contributed by atoms with van der Waals surface area (Å²) in [6, 6.07) is 0. The molecule has 0 fully saturated rings. The normalized spacial score (nSPS) is 15.0. The molecule has 4 nitrogen and oxygen atoms in total. The Labute approximate surface area is 81.9 Å². The molecule has 0 aliphatic rings. The number of Topliss-reactive ketones (excluding diaryl/α,β-unsaturated/α-hetero) is 1. The van der Waals surface area contributed by atoms with Crippen LogP contribution in [0.2, 0.25) is 0 Å². The molecule has 0 rings (SSSR count). The predicted octanol–water partition coefficient (Wildman–Crippen LogP) is 0.501. The highest BCUT2D eigenvalue weighted by Crippen LogP contribution is 2.13. The molecule has 0 aromatic heterocycles. The first kappa shape index (κ1) is 12.4. The third kappa shape index (κ3) is 3.36. The highest BCUT2D eigenvalue weighted by atomic mass is 32.2. The Kier molecular flexibility index (Phi) is 5.02. The first-order chi connectivity index (χ1) is 5.95. The van der Waals surface area contributed by atoms with E-state index in [0.29, 0.717) is 5.75 Å². The van der Waals surface area contributed by atoms with Gasteiger partial charge in [0.25, 0.3) is 0 Å². The zero-order valence-corrected chi connectivity index (χ0v) is 8.69. The molecule has 0 heterocycles. The Morgan fingerprint density at radius 1 is 1.54 bits per heavy atom. The number of carboxylic acids is 1. The molecule has 0 aliphatic heterocycles. The standard InChI is InChI=1S/C8H15NO3S/c1-3-13-5-4-8(9,6(2)10)7(11)12/h3-5,9H2,1-2H3,(H,11,12). The topological polar surface area (TPSA) is 80.4 Å². The third-order valence-electron chi connectivity index (χ3n) is 1.85. The van der Waals surface area contributed by atoms with E-state index in [-0.39, 0.29) is 6.42 Å². The third-order valence-corrected chi connectivity index (χ3v) is 2.76. The number of carboxylic acid groups (broad SMARTS) is 1. The first-order valence-electron chi connectivity index (χ1n) is 4.06. The lowest BCUT2D eigenvalue weighted by molar-refractivity contribution is -0.147. The van der Waals surface area contributed by atoms with E-state index in [4.69, 9.17) is 10.8 Å². The number of nitrogens with two attached hydrogens (primary N) is 1. The quantitative estimate of drug-likeness (QED) is 0.487. The van der Waals surface area contributed by atoms with E-state index in [1.54, 1.807) is 11.8 Å². The fourth-order valence-electron chi connectivity index (χ4n) is 0.811. The van der Waals surface area contributed by atoms with Gasteiger partial charge in [-0.1, -0.05) is 6.92 Å². The zero-order chi connectivity index (χ0) is 10.5. The maximum Gasteiger partial charge on any atom is 0.331 e. The SMILES string of the molecule is CCSCCC(N)(C(C)=O)C(=O)O. The van der Waals surface area contributed by atoms with Crippen molar-refractivity contribution >= 4 is 23.5 Å². The smallest absolute Gasteiger partial charge is 0.331 e. The first-order valence-corrected chi connectivity index (χ1v) is 5.21. The lowest BCUT2D eigenvalue weighted by atomic mass is 9.93. The minimum atomic E-state index is -1.69. The fourth-order valence-corrected chi connectivity index (χ4v) is 1.57. The van der Waals surface area contributed by atoms with Crippen LogP contribution in [0.3, 0.4) is 0 Å². The summed E-state index contributed by atoms with van der Waals surface area (Å²) in [5.74, 6) is -0.236. The van der Waals surface area contributed by atoms with Gasteiger partial charge in [-0.05, 0) is 24.9 Å². The molecule has 5 heteroatoms. The number of carbonyl (C=O) groups excluding carboxylic acids is 1. The van der Waals surface area contributed by atoms with Gasteiger partial charge in [0.2, 0.25) is 0 Å². The second-order valence-corrected chi connectivity index (χ2v) is 4.17. The van der Waals surface area contributed by atoms with E-state index in [9.17, 15) is 9.59 Å². The summed E-state index contributed by atoms with van der Waals surface area (Å²) in [5, 5.41) is 8.75. The Balaban J connectivity index is 4.26. The molecule has 0 spiro atoms. The molecule has 76 valence electrons. The van der Waals surface area contributed by atoms with Crippen molar-refractivity contribution in [3.63, 3.8) is 0 Å². The molecule has 0 aromatic rings. The van der Waals surface area contributed by atoms with Gasteiger partial charge in [-0.2, -0.15) is 11.8 Å². The lowest BCUT2D eigenvalue weighted by Gasteiger charge is -2.20. The van der Waals surface area contributed by atoms with Gasteiger partial charge < -0.3 is 10.8 Å². The maximum atomic E-state index is 11.0. The van der Waals surface area contributed by atoms with Crippen molar-refractivity contribution in [3.05, 3.63) is 0 Å². The van der Waals surface area contributed by atoms with Crippen LogP contribution in [0.4, 0.5) is 0 Å². The molecule has 0 radical (unpaired) electrons. The van der Waals surface area contributed by atoms with E-state index >= 15 is 0 Å². The number of aliphatic carboxylic acids is 1. The summed E-state index contributed by atoms with van der Waals surface area (Å²) in [7, 11) is 0. The second-order valence-electron chi connectivity index (χ2n) is 2.78. The maximum absolute atomic E-state index is 11.0. The number of carbonyl (C=O) groups is 2. The van der Waals surface area contributed by atoms with Crippen LogP contribution in [0.1, 0.15) is 20.3 Å². The minimum absolute atomic E-state index is 0.191. The molecule has 13 heavy (non-hydrogen) atoms. The summed E-state index contributed by atoms with van der Waals surface area (Å²) >= 11 is 1.57. The molecule has 0 saturated carbocycles. The van der Waals surface area contributed by atoms with Crippen LogP contribution in [0.15, 0.2) is 0 Å². The van der Waals surface area contributed by atoms with Crippen LogP contribution in [0, 0.1) is 0 Å².